The maximum Gasteiger partial charge on any atom is 0.263 e. The maximum atomic E-state index is 13.0. The van der Waals surface area contributed by atoms with Crippen LogP contribution in [-0.2, 0) is 0 Å². The molecule has 4 heteroatoms. The topological polar surface area (TPSA) is 29.1 Å². The Labute approximate surface area is 164 Å². The number of hydrogen-bond donors (Lipinski definition) is 1. The standard InChI is InChI=1S/C22H26ClNOS/c1-12-3-4-17-18(5-12)26-20(19(17)23)21(25)24-13(2)22-9-14-6-15(10-22)8-16(7-14)11-22/h3-5,13-16H,6-11H2,1-2H3,(H,24,25). The van der Waals surface area contributed by atoms with Gasteiger partial charge in [0.1, 0.15) is 4.88 Å². The van der Waals surface area contributed by atoms with Crippen molar-refractivity contribution in [1.82, 2.24) is 5.32 Å². The van der Waals surface area contributed by atoms with Crippen LogP contribution in [0.15, 0.2) is 18.2 Å². The second-order valence-corrected chi connectivity index (χ2v) is 10.7. The first-order valence-corrected chi connectivity index (χ1v) is 11.1. The van der Waals surface area contributed by atoms with Gasteiger partial charge in [-0.3, -0.25) is 4.79 Å². The molecule has 138 valence electrons. The van der Waals surface area contributed by atoms with E-state index in [0.717, 1.165) is 27.8 Å². The molecule has 0 saturated heterocycles. The minimum Gasteiger partial charge on any atom is -0.348 e. The lowest BCUT2D eigenvalue weighted by Crippen LogP contribution is -2.55. The minimum absolute atomic E-state index is 0.0112. The van der Waals surface area contributed by atoms with Gasteiger partial charge < -0.3 is 5.32 Å². The molecule has 1 atom stereocenters. The predicted molar refractivity (Wildman–Crippen MR) is 109 cm³/mol. The second kappa shape index (κ2) is 5.97. The smallest absolute Gasteiger partial charge is 0.263 e. The lowest BCUT2D eigenvalue weighted by atomic mass is 9.48. The minimum atomic E-state index is 0.0112. The number of rotatable bonds is 3. The molecule has 1 N–H and O–H groups in total. The molecule has 2 aromatic rings. The summed E-state index contributed by atoms with van der Waals surface area (Å²) < 4.78 is 1.10. The van der Waals surface area contributed by atoms with Crippen molar-refractivity contribution in [3.05, 3.63) is 33.7 Å². The number of hydrogen-bond acceptors (Lipinski definition) is 2. The fourth-order valence-electron chi connectivity index (χ4n) is 6.44. The molecule has 1 heterocycles. The largest absolute Gasteiger partial charge is 0.348 e. The highest BCUT2D eigenvalue weighted by Gasteiger charge is 2.53. The molecule has 6 rings (SSSR count). The molecule has 1 aromatic heterocycles. The van der Waals surface area contributed by atoms with Crippen molar-refractivity contribution in [3.8, 4) is 0 Å². The van der Waals surface area contributed by atoms with Crippen molar-refractivity contribution in [2.45, 2.75) is 58.4 Å². The summed E-state index contributed by atoms with van der Waals surface area (Å²) in [6, 6.07) is 6.43. The molecular formula is C22H26ClNOS. The molecule has 4 saturated carbocycles. The van der Waals surface area contributed by atoms with E-state index in [1.807, 2.05) is 6.07 Å². The number of carbonyl (C=O) groups excluding carboxylic acids is 1. The number of thiophene rings is 1. The Morgan fingerprint density at radius 3 is 2.42 bits per heavy atom. The van der Waals surface area contributed by atoms with Crippen molar-refractivity contribution >= 4 is 38.9 Å². The van der Waals surface area contributed by atoms with Gasteiger partial charge in [0.05, 0.1) is 5.02 Å². The lowest BCUT2D eigenvalue weighted by Gasteiger charge is -2.59. The van der Waals surface area contributed by atoms with E-state index in [1.54, 1.807) is 0 Å². The molecule has 0 spiro atoms. The summed E-state index contributed by atoms with van der Waals surface area (Å²) in [5, 5.41) is 4.96. The van der Waals surface area contributed by atoms with E-state index in [1.165, 1.54) is 55.4 Å². The van der Waals surface area contributed by atoms with E-state index in [-0.39, 0.29) is 11.9 Å². The van der Waals surface area contributed by atoms with E-state index in [4.69, 9.17) is 11.6 Å². The van der Waals surface area contributed by atoms with Crippen molar-refractivity contribution in [2.24, 2.45) is 23.2 Å². The van der Waals surface area contributed by atoms with Gasteiger partial charge in [0.15, 0.2) is 0 Å². The van der Waals surface area contributed by atoms with Crippen LogP contribution in [0.5, 0.6) is 0 Å². The number of aryl methyl sites for hydroxylation is 1. The third-order valence-corrected chi connectivity index (χ3v) is 9.00. The normalized spacial score (nSPS) is 33.6. The summed E-state index contributed by atoms with van der Waals surface area (Å²) in [4.78, 5) is 13.7. The van der Waals surface area contributed by atoms with Crippen molar-refractivity contribution in [2.75, 3.05) is 0 Å². The van der Waals surface area contributed by atoms with Gasteiger partial charge >= 0.3 is 0 Å². The average molecular weight is 388 g/mol. The quantitative estimate of drug-likeness (QED) is 0.667. The fraction of sp³-hybridized carbons (Fsp3) is 0.591. The van der Waals surface area contributed by atoms with Crippen molar-refractivity contribution in [3.63, 3.8) is 0 Å². The van der Waals surface area contributed by atoms with E-state index in [9.17, 15) is 4.79 Å². The number of amides is 1. The van der Waals surface area contributed by atoms with Crippen molar-refractivity contribution < 1.29 is 4.79 Å². The highest BCUT2D eigenvalue weighted by molar-refractivity contribution is 7.21. The molecule has 0 aliphatic heterocycles. The molecule has 26 heavy (non-hydrogen) atoms. The third kappa shape index (κ3) is 2.62. The van der Waals surface area contributed by atoms with Gasteiger partial charge in [0.2, 0.25) is 0 Å². The van der Waals surface area contributed by atoms with Crippen LogP contribution in [0.2, 0.25) is 5.02 Å². The Morgan fingerprint density at radius 1 is 1.19 bits per heavy atom. The van der Waals surface area contributed by atoms with Crippen molar-refractivity contribution in [1.29, 1.82) is 0 Å². The molecule has 4 fully saturated rings. The van der Waals surface area contributed by atoms with Crippen LogP contribution in [0.25, 0.3) is 10.1 Å². The van der Waals surface area contributed by atoms with Gasteiger partial charge in [-0.2, -0.15) is 0 Å². The molecule has 0 radical (unpaired) electrons. The Morgan fingerprint density at radius 2 is 1.81 bits per heavy atom. The van der Waals surface area contributed by atoms with Crippen LogP contribution in [0.4, 0.5) is 0 Å². The van der Waals surface area contributed by atoms with Gasteiger partial charge in [0.25, 0.3) is 5.91 Å². The van der Waals surface area contributed by atoms with E-state index >= 15 is 0 Å². The van der Waals surface area contributed by atoms with Gasteiger partial charge in [-0.1, -0.05) is 23.7 Å². The lowest BCUT2D eigenvalue weighted by molar-refractivity contribution is -0.0687. The highest BCUT2D eigenvalue weighted by atomic mass is 35.5. The summed E-state index contributed by atoms with van der Waals surface area (Å²) in [7, 11) is 0. The van der Waals surface area contributed by atoms with Gasteiger partial charge in [-0.25, -0.2) is 0 Å². The summed E-state index contributed by atoms with van der Waals surface area (Å²) in [5.74, 6) is 2.71. The Balaban J connectivity index is 1.39. The molecule has 1 unspecified atom stereocenters. The molecule has 1 amide bonds. The average Bonchev–Trinajstić information content (AvgIpc) is 2.89. The van der Waals surface area contributed by atoms with Gasteiger partial charge in [0, 0.05) is 16.1 Å². The van der Waals surface area contributed by atoms with Gasteiger partial charge in [-0.15, -0.1) is 11.3 Å². The van der Waals surface area contributed by atoms with E-state index in [2.05, 4.69) is 31.3 Å². The molecule has 4 aliphatic carbocycles. The number of carbonyl (C=O) groups is 1. The first-order chi connectivity index (χ1) is 12.4. The Hall–Kier alpha value is -1.06. The highest BCUT2D eigenvalue weighted by Crippen LogP contribution is 2.61. The SMILES string of the molecule is Cc1ccc2c(Cl)c(C(=O)NC(C)C34CC5CC(CC(C5)C3)C4)sc2c1. The fourth-order valence-corrected chi connectivity index (χ4v) is 7.96. The molecule has 1 aromatic carbocycles. The van der Waals surface area contributed by atoms with Crippen LogP contribution < -0.4 is 5.32 Å². The third-order valence-electron chi connectivity index (χ3n) is 7.34. The Kier molecular flexibility index (Phi) is 3.92. The van der Waals surface area contributed by atoms with E-state index in [0.29, 0.717) is 15.3 Å². The first-order valence-electron chi connectivity index (χ1n) is 9.93. The van der Waals surface area contributed by atoms with Crippen LogP contribution in [0.1, 0.15) is 60.7 Å². The summed E-state index contributed by atoms with van der Waals surface area (Å²) in [6.45, 7) is 4.30. The predicted octanol–water partition coefficient (Wildman–Crippen LogP) is 6.20. The second-order valence-electron chi connectivity index (χ2n) is 9.22. The summed E-state index contributed by atoms with van der Waals surface area (Å²) in [5.41, 5.74) is 1.52. The zero-order valence-electron chi connectivity index (χ0n) is 15.5. The number of benzene rings is 1. The molecule has 4 bridgehead atoms. The van der Waals surface area contributed by atoms with Crippen LogP contribution in [0.3, 0.4) is 0 Å². The van der Waals surface area contributed by atoms with Crippen LogP contribution in [-0.4, -0.2) is 11.9 Å². The van der Waals surface area contributed by atoms with Crippen LogP contribution in [0, 0.1) is 30.1 Å². The summed E-state index contributed by atoms with van der Waals surface area (Å²) >= 11 is 8.08. The molecule has 2 nitrogen and oxygen atoms in total. The number of nitrogens with one attached hydrogen (secondary N) is 1. The van der Waals surface area contributed by atoms with E-state index < -0.39 is 0 Å². The number of halogens is 1. The maximum absolute atomic E-state index is 13.0. The summed E-state index contributed by atoms with van der Waals surface area (Å²) in [6.07, 6.45) is 8.21. The number of fused-ring (bicyclic) bond motifs is 1. The zero-order chi connectivity index (χ0) is 18.1. The van der Waals surface area contributed by atoms with Gasteiger partial charge in [-0.05, 0) is 87.2 Å². The molecule has 4 aliphatic rings. The van der Waals surface area contributed by atoms with Crippen LogP contribution >= 0.6 is 22.9 Å². The first kappa shape index (κ1) is 17.1. The zero-order valence-corrected chi connectivity index (χ0v) is 17.1. The monoisotopic (exact) mass is 387 g/mol. The Bertz CT molecular complexity index is 850. The molecular weight excluding hydrogens is 362 g/mol.